The number of fused-ring (bicyclic) bond motifs is 1. The number of nitrogens with one attached hydrogen (secondary N) is 4. The Labute approximate surface area is 356 Å². The molecule has 60 heavy (non-hydrogen) atoms. The van der Waals surface area contributed by atoms with Gasteiger partial charge in [0, 0.05) is 77.9 Å². The standard InChI is InChI=1S/C43H72N12O5/c1-49-20-21-54(42(49)59)32-4-3-16-53(26-32)36-23-45-38(39(44)57)40(47-36)46-30-7-5-28(6-8-30)29-14-17-51(18-15-29)24-27-13-19-52(25-27)31-9-10-33-35(22-31)50(2)43(60)55(33)34-11-12-37(56)48-41(34)58/h27-36,38,40,45-47H,3-26H2,1-2H3,(H2,44,57)(H,48,56,58)/t27-,28?,30?,31?,32-,33?,34-,35?,36?,38?,40?/m1/s1. The van der Waals surface area contributed by atoms with Crippen LogP contribution in [0, 0.1) is 17.8 Å². The molecular weight excluding hydrogens is 765 g/mol. The van der Waals surface area contributed by atoms with Crippen LogP contribution >= 0.6 is 0 Å². The normalized spacial score (nSPS) is 39.5. The van der Waals surface area contributed by atoms with Gasteiger partial charge in [-0.05, 0) is 127 Å². The minimum absolute atomic E-state index is 0.0398. The first-order chi connectivity index (χ1) is 29.0. The number of nitrogens with zero attached hydrogens (tertiary/aromatic N) is 7. The first-order valence-corrected chi connectivity index (χ1v) is 23.7. The number of likely N-dealkylation sites (tertiary alicyclic amines) is 3. The fourth-order valence-corrected chi connectivity index (χ4v) is 13.2. The van der Waals surface area contributed by atoms with Crippen molar-refractivity contribution < 1.29 is 24.0 Å². The molecule has 2 aliphatic carbocycles. The number of nitrogens with two attached hydrogens (primary N) is 1. The van der Waals surface area contributed by atoms with Gasteiger partial charge >= 0.3 is 12.1 Å². The number of carbonyl (C=O) groups excluding carboxylic acids is 5. The van der Waals surface area contributed by atoms with E-state index in [2.05, 4.69) is 36.0 Å². The molecule has 7 aliphatic heterocycles. The Kier molecular flexibility index (Phi) is 12.6. The SMILES string of the molecule is CN1CCN([C@@H]2CCCN(C3CNC(C(N)=O)C(NC4CCC(C5CCN(C[C@H]6CCN(C7CCC8C(C7)N(C)C(=O)N8[C@@H]7CCC(=O)NC7=O)C6)CC5)CC4)N3)C2)C1=O. The van der Waals surface area contributed by atoms with Crippen LogP contribution in [0.4, 0.5) is 9.59 Å². The predicted octanol–water partition coefficient (Wildman–Crippen LogP) is 0.162. The smallest absolute Gasteiger partial charge is 0.321 e. The van der Waals surface area contributed by atoms with Gasteiger partial charge in [0.25, 0.3) is 0 Å². The third-order valence-electron chi connectivity index (χ3n) is 16.6. The highest BCUT2D eigenvalue weighted by molar-refractivity contribution is 6.01. The zero-order valence-electron chi connectivity index (χ0n) is 36.1. The lowest BCUT2D eigenvalue weighted by Gasteiger charge is -2.47. The molecule has 17 nitrogen and oxygen atoms in total. The average molecular weight is 837 g/mol. The number of carbonyl (C=O) groups is 5. The quantitative estimate of drug-likeness (QED) is 0.189. The predicted molar refractivity (Wildman–Crippen MR) is 225 cm³/mol. The van der Waals surface area contributed by atoms with Gasteiger partial charge in [-0.15, -0.1) is 0 Å². The molecule has 334 valence electrons. The van der Waals surface area contributed by atoms with Crippen LogP contribution in [0.5, 0.6) is 0 Å². The summed E-state index contributed by atoms with van der Waals surface area (Å²) in [4.78, 5) is 78.6. The van der Waals surface area contributed by atoms with Crippen molar-refractivity contribution >= 4 is 29.8 Å². The molecule has 0 aromatic heterocycles. The summed E-state index contributed by atoms with van der Waals surface area (Å²) < 4.78 is 0. The van der Waals surface area contributed by atoms with E-state index >= 15 is 0 Å². The summed E-state index contributed by atoms with van der Waals surface area (Å²) in [6, 6.07) is 0.268. The molecule has 2 saturated carbocycles. The van der Waals surface area contributed by atoms with E-state index in [9.17, 15) is 24.0 Å². The molecule has 6 unspecified atom stereocenters. The number of urea groups is 2. The minimum atomic E-state index is -0.540. The van der Waals surface area contributed by atoms with Gasteiger partial charge < -0.3 is 35.6 Å². The van der Waals surface area contributed by atoms with Crippen molar-refractivity contribution in [3.8, 4) is 0 Å². The summed E-state index contributed by atoms with van der Waals surface area (Å²) in [6.45, 7) is 9.86. The fraction of sp³-hybridized carbons (Fsp3) is 0.884. The van der Waals surface area contributed by atoms with E-state index in [1.807, 2.05) is 28.8 Å². The Morgan fingerprint density at radius 2 is 1.55 bits per heavy atom. The minimum Gasteiger partial charge on any atom is -0.368 e. The van der Waals surface area contributed by atoms with Crippen molar-refractivity contribution in [2.75, 3.05) is 79.5 Å². The number of primary amides is 1. The Morgan fingerprint density at radius 1 is 0.767 bits per heavy atom. The van der Waals surface area contributed by atoms with E-state index in [-0.39, 0.29) is 60.2 Å². The van der Waals surface area contributed by atoms with Crippen molar-refractivity contribution in [2.45, 2.75) is 145 Å². The molecule has 0 aromatic rings. The summed E-state index contributed by atoms with van der Waals surface area (Å²) in [5.74, 6) is 1.35. The summed E-state index contributed by atoms with van der Waals surface area (Å²) in [7, 11) is 3.77. The van der Waals surface area contributed by atoms with Crippen LogP contribution in [-0.4, -0.2) is 198 Å². The molecule has 7 saturated heterocycles. The summed E-state index contributed by atoms with van der Waals surface area (Å²) >= 11 is 0. The summed E-state index contributed by atoms with van der Waals surface area (Å²) in [5, 5.41) is 13.5. The highest BCUT2D eigenvalue weighted by Crippen LogP contribution is 2.40. The second-order valence-corrected chi connectivity index (χ2v) is 20.1. The first kappa shape index (κ1) is 42.2. The second-order valence-electron chi connectivity index (χ2n) is 20.1. The van der Waals surface area contributed by atoms with E-state index in [1.54, 1.807) is 4.90 Å². The van der Waals surface area contributed by atoms with Crippen LogP contribution in [0.25, 0.3) is 0 Å². The lowest BCUT2D eigenvalue weighted by atomic mass is 9.74. The van der Waals surface area contributed by atoms with Gasteiger partial charge in [-0.25, -0.2) is 9.59 Å². The van der Waals surface area contributed by atoms with E-state index in [0.29, 0.717) is 37.4 Å². The zero-order valence-corrected chi connectivity index (χ0v) is 36.1. The number of hydrogen-bond donors (Lipinski definition) is 5. The first-order valence-electron chi connectivity index (χ1n) is 23.7. The van der Waals surface area contributed by atoms with Crippen LogP contribution in [0.2, 0.25) is 0 Å². The molecule has 0 radical (unpaired) electrons. The Hall–Kier alpha value is -3.09. The third kappa shape index (κ3) is 8.64. The van der Waals surface area contributed by atoms with Crippen LogP contribution in [0.1, 0.15) is 89.9 Å². The van der Waals surface area contributed by atoms with Crippen molar-refractivity contribution in [3.63, 3.8) is 0 Å². The molecule has 7 amide bonds. The molecule has 7 heterocycles. The van der Waals surface area contributed by atoms with Gasteiger partial charge in [-0.1, -0.05) is 0 Å². The van der Waals surface area contributed by atoms with Gasteiger partial charge in [-0.3, -0.25) is 40.1 Å². The largest absolute Gasteiger partial charge is 0.368 e. The van der Waals surface area contributed by atoms with Crippen molar-refractivity contribution in [1.29, 1.82) is 0 Å². The van der Waals surface area contributed by atoms with Crippen molar-refractivity contribution in [2.24, 2.45) is 23.5 Å². The number of likely N-dealkylation sites (N-methyl/N-ethyl adjacent to an activating group) is 2. The maximum Gasteiger partial charge on any atom is 0.321 e. The van der Waals surface area contributed by atoms with Crippen molar-refractivity contribution in [1.82, 2.24) is 55.6 Å². The molecule has 6 N–H and O–H groups in total. The number of imide groups is 1. The molecular formula is C43H72N12O5. The van der Waals surface area contributed by atoms with Crippen LogP contribution in [0.15, 0.2) is 0 Å². The Bertz CT molecular complexity index is 1600. The number of amides is 7. The highest BCUT2D eigenvalue weighted by atomic mass is 16.2. The highest BCUT2D eigenvalue weighted by Gasteiger charge is 2.52. The number of hydrogen-bond acceptors (Lipinski definition) is 11. The molecule has 0 bridgehead atoms. The topological polar surface area (TPSA) is 182 Å². The zero-order chi connectivity index (χ0) is 41.7. The number of piperazine rings is 1. The van der Waals surface area contributed by atoms with E-state index in [1.165, 1.54) is 51.7 Å². The van der Waals surface area contributed by atoms with Gasteiger partial charge in [0.05, 0.1) is 24.4 Å². The van der Waals surface area contributed by atoms with Crippen LogP contribution in [-0.2, 0) is 14.4 Å². The average Bonchev–Trinajstić information content (AvgIpc) is 3.93. The molecule has 9 fully saturated rings. The van der Waals surface area contributed by atoms with Crippen LogP contribution in [0.3, 0.4) is 0 Å². The maximum absolute atomic E-state index is 13.4. The van der Waals surface area contributed by atoms with Crippen LogP contribution < -0.4 is 27.0 Å². The third-order valence-corrected chi connectivity index (χ3v) is 16.6. The fourth-order valence-electron chi connectivity index (χ4n) is 13.2. The molecule has 0 spiro atoms. The Morgan fingerprint density at radius 3 is 2.28 bits per heavy atom. The van der Waals surface area contributed by atoms with E-state index < -0.39 is 12.1 Å². The van der Waals surface area contributed by atoms with Crippen molar-refractivity contribution in [3.05, 3.63) is 0 Å². The molecule has 17 heteroatoms. The Balaban J connectivity index is 0.695. The number of rotatable bonds is 10. The van der Waals surface area contributed by atoms with Gasteiger partial charge in [0.2, 0.25) is 17.7 Å². The summed E-state index contributed by atoms with van der Waals surface area (Å²) in [6.07, 6.45) is 14.0. The molecule has 9 aliphatic rings. The van der Waals surface area contributed by atoms with Gasteiger partial charge in [0.1, 0.15) is 12.1 Å². The monoisotopic (exact) mass is 837 g/mol. The molecule has 9 rings (SSSR count). The maximum atomic E-state index is 13.4. The summed E-state index contributed by atoms with van der Waals surface area (Å²) in [5.41, 5.74) is 5.92. The second kappa shape index (κ2) is 17.9. The molecule has 9 atom stereocenters. The molecule has 0 aromatic carbocycles. The van der Waals surface area contributed by atoms with Gasteiger partial charge in [-0.2, -0.15) is 0 Å². The van der Waals surface area contributed by atoms with E-state index in [0.717, 1.165) is 96.1 Å². The number of piperidine rings is 3. The van der Waals surface area contributed by atoms with E-state index in [4.69, 9.17) is 5.73 Å². The van der Waals surface area contributed by atoms with Gasteiger partial charge in [0.15, 0.2) is 0 Å². The lowest BCUT2D eigenvalue weighted by molar-refractivity contribution is -0.137. The lowest BCUT2D eigenvalue weighted by Crippen LogP contribution is -2.74.